The Hall–Kier alpha value is -2.73. The van der Waals surface area contributed by atoms with Crippen molar-refractivity contribution in [3.8, 4) is 10.6 Å². The first-order valence-corrected chi connectivity index (χ1v) is 9.54. The van der Waals surface area contributed by atoms with Gasteiger partial charge in [0.15, 0.2) is 0 Å². The Kier molecular flexibility index (Phi) is 4.67. The van der Waals surface area contributed by atoms with Crippen LogP contribution in [-0.4, -0.2) is 29.2 Å². The monoisotopic (exact) mass is 364 g/mol. The Bertz CT molecular complexity index is 909. The SMILES string of the molecule is CC(=O)N1CCCN(Cc2nnc(-c3ccccc3)s2)c2ccccc21. The number of carbonyl (C=O) groups is 1. The van der Waals surface area contributed by atoms with Crippen molar-refractivity contribution in [3.63, 3.8) is 0 Å². The van der Waals surface area contributed by atoms with E-state index < -0.39 is 0 Å². The van der Waals surface area contributed by atoms with Gasteiger partial charge in [-0.1, -0.05) is 53.8 Å². The molecule has 0 radical (unpaired) electrons. The minimum Gasteiger partial charge on any atom is -0.363 e. The van der Waals surface area contributed by atoms with Crippen molar-refractivity contribution in [2.24, 2.45) is 0 Å². The number of fused-ring (bicyclic) bond motifs is 1. The van der Waals surface area contributed by atoms with E-state index in [9.17, 15) is 4.79 Å². The smallest absolute Gasteiger partial charge is 0.223 e. The Labute approximate surface area is 156 Å². The maximum absolute atomic E-state index is 12.0. The zero-order valence-corrected chi connectivity index (χ0v) is 15.4. The van der Waals surface area contributed by atoms with Crippen molar-refractivity contribution >= 4 is 28.6 Å². The van der Waals surface area contributed by atoms with Gasteiger partial charge < -0.3 is 9.80 Å². The topological polar surface area (TPSA) is 49.3 Å². The van der Waals surface area contributed by atoms with E-state index in [1.54, 1.807) is 18.3 Å². The predicted molar refractivity (Wildman–Crippen MR) is 105 cm³/mol. The molecule has 0 bridgehead atoms. The second kappa shape index (κ2) is 7.25. The quantitative estimate of drug-likeness (QED) is 0.706. The van der Waals surface area contributed by atoms with Crippen LogP contribution < -0.4 is 9.80 Å². The standard InChI is InChI=1S/C20H20N4OS/c1-15(25)24-13-7-12-23(17-10-5-6-11-18(17)24)14-19-21-22-20(26-19)16-8-3-2-4-9-16/h2-6,8-11H,7,12-14H2,1H3. The van der Waals surface area contributed by atoms with Crippen LogP contribution in [0.1, 0.15) is 18.4 Å². The molecule has 0 spiro atoms. The third-order valence-electron chi connectivity index (χ3n) is 4.52. The molecule has 0 atom stereocenters. The number of hydrogen-bond acceptors (Lipinski definition) is 5. The first-order chi connectivity index (χ1) is 12.7. The normalized spacial score (nSPS) is 14.0. The van der Waals surface area contributed by atoms with Crippen LogP contribution in [0, 0.1) is 0 Å². The summed E-state index contributed by atoms with van der Waals surface area (Å²) in [6.07, 6.45) is 0.929. The van der Waals surface area contributed by atoms with Crippen LogP contribution in [0.15, 0.2) is 54.6 Å². The van der Waals surface area contributed by atoms with Crippen molar-refractivity contribution in [2.45, 2.75) is 19.9 Å². The van der Waals surface area contributed by atoms with E-state index in [0.29, 0.717) is 6.54 Å². The summed E-state index contributed by atoms with van der Waals surface area (Å²) in [5.74, 6) is 0.0848. The summed E-state index contributed by atoms with van der Waals surface area (Å²) >= 11 is 1.62. The van der Waals surface area contributed by atoms with Gasteiger partial charge in [0.25, 0.3) is 0 Å². The molecule has 2 aromatic carbocycles. The van der Waals surface area contributed by atoms with Gasteiger partial charge in [0, 0.05) is 25.6 Å². The highest BCUT2D eigenvalue weighted by atomic mass is 32.1. The zero-order chi connectivity index (χ0) is 17.9. The number of amides is 1. The molecule has 1 aromatic heterocycles. The summed E-state index contributed by atoms with van der Waals surface area (Å²) in [7, 11) is 0. The van der Waals surface area contributed by atoms with Crippen LogP contribution in [0.25, 0.3) is 10.6 Å². The lowest BCUT2D eigenvalue weighted by Gasteiger charge is -2.25. The second-order valence-electron chi connectivity index (χ2n) is 6.30. The van der Waals surface area contributed by atoms with Crippen molar-refractivity contribution < 1.29 is 4.79 Å². The Morgan fingerprint density at radius 3 is 2.50 bits per heavy atom. The molecular formula is C20H20N4OS. The van der Waals surface area contributed by atoms with E-state index in [2.05, 4.69) is 33.3 Å². The van der Waals surface area contributed by atoms with Crippen LogP contribution in [0.4, 0.5) is 11.4 Å². The molecule has 0 fully saturated rings. The molecule has 0 saturated carbocycles. The molecule has 1 aliphatic heterocycles. The van der Waals surface area contributed by atoms with Crippen molar-refractivity contribution in [1.29, 1.82) is 0 Å². The van der Waals surface area contributed by atoms with Gasteiger partial charge in [-0.25, -0.2) is 0 Å². The third-order valence-corrected chi connectivity index (χ3v) is 5.47. The summed E-state index contributed by atoms with van der Waals surface area (Å²) < 4.78 is 0. The van der Waals surface area contributed by atoms with Gasteiger partial charge in [-0.3, -0.25) is 4.79 Å². The maximum atomic E-state index is 12.0. The first-order valence-electron chi connectivity index (χ1n) is 8.72. The molecule has 26 heavy (non-hydrogen) atoms. The summed E-state index contributed by atoms with van der Waals surface area (Å²) in [6.45, 7) is 3.96. The maximum Gasteiger partial charge on any atom is 0.223 e. The largest absolute Gasteiger partial charge is 0.363 e. The summed E-state index contributed by atoms with van der Waals surface area (Å²) in [5.41, 5.74) is 3.15. The minimum absolute atomic E-state index is 0.0848. The number of nitrogens with zero attached hydrogens (tertiary/aromatic N) is 4. The molecule has 1 amide bonds. The molecule has 132 valence electrons. The number of rotatable bonds is 3. The lowest BCUT2D eigenvalue weighted by atomic mass is 10.2. The minimum atomic E-state index is 0.0848. The Morgan fingerprint density at radius 1 is 1.00 bits per heavy atom. The third kappa shape index (κ3) is 3.32. The van der Waals surface area contributed by atoms with Crippen LogP contribution >= 0.6 is 11.3 Å². The first kappa shape index (κ1) is 16.7. The van der Waals surface area contributed by atoms with Gasteiger partial charge in [-0.05, 0) is 18.6 Å². The molecule has 4 rings (SSSR count). The van der Waals surface area contributed by atoms with E-state index in [-0.39, 0.29) is 5.91 Å². The molecule has 5 nitrogen and oxygen atoms in total. The fraction of sp³-hybridized carbons (Fsp3) is 0.250. The highest BCUT2D eigenvalue weighted by Gasteiger charge is 2.23. The number of aromatic nitrogens is 2. The van der Waals surface area contributed by atoms with Gasteiger partial charge in [0.1, 0.15) is 10.0 Å². The van der Waals surface area contributed by atoms with Gasteiger partial charge >= 0.3 is 0 Å². The van der Waals surface area contributed by atoms with Gasteiger partial charge in [-0.2, -0.15) is 0 Å². The average Bonchev–Trinajstić information content (AvgIpc) is 3.05. The lowest BCUT2D eigenvalue weighted by Crippen LogP contribution is -2.28. The number of benzene rings is 2. The second-order valence-corrected chi connectivity index (χ2v) is 7.36. The molecule has 0 saturated heterocycles. The molecule has 1 aliphatic rings. The molecule has 0 aliphatic carbocycles. The fourth-order valence-corrected chi connectivity index (χ4v) is 4.15. The molecule has 2 heterocycles. The van der Waals surface area contributed by atoms with Crippen molar-refractivity contribution in [3.05, 3.63) is 59.6 Å². The fourth-order valence-electron chi connectivity index (χ4n) is 3.29. The summed E-state index contributed by atoms with van der Waals surface area (Å²) in [6, 6.07) is 18.2. The van der Waals surface area contributed by atoms with Gasteiger partial charge in [0.05, 0.1) is 17.9 Å². The Morgan fingerprint density at radius 2 is 1.73 bits per heavy atom. The van der Waals surface area contributed by atoms with Crippen molar-refractivity contribution in [1.82, 2.24) is 10.2 Å². The van der Waals surface area contributed by atoms with Crippen molar-refractivity contribution in [2.75, 3.05) is 22.9 Å². The van der Waals surface area contributed by atoms with Gasteiger partial charge in [0.2, 0.25) is 5.91 Å². The number of para-hydroxylation sites is 2. The molecule has 0 N–H and O–H groups in total. The van der Waals surface area contributed by atoms with Crippen LogP contribution in [0.2, 0.25) is 0 Å². The average molecular weight is 364 g/mol. The predicted octanol–water partition coefficient (Wildman–Crippen LogP) is 3.97. The Balaban J connectivity index is 1.61. The molecular weight excluding hydrogens is 344 g/mol. The van der Waals surface area contributed by atoms with Gasteiger partial charge in [-0.15, -0.1) is 10.2 Å². The number of hydrogen-bond donors (Lipinski definition) is 0. The van der Waals surface area contributed by atoms with E-state index in [0.717, 1.165) is 46.5 Å². The van der Waals surface area contributed by atoms with Crippen LogP contribution in [-0.2, 0) is 11.3 Å². The highest BCUT2D eigenvalue weighted by Crippen LogP contribution is 2.34. The number of carbonyl (C=O) groups excluding carboxylic acids is 1. The highest BCUT2D eigenvalue weighted by molar-refractivity contribution is 7.14. The van der Waals surface area contributed by atoms with E-state index in [4.69, 9.17) is 0 Å². The van der Waals surface area contributed by atoms with E-state index >= 15 is 0 Å². The zero-order valence-electron chi connectivity index (χ0n) is 14.6. The lowest BCUT2D eigenvalue weighted by molar-refractivity contribution is -0.116. The molecule has 0 unspecified atom stereocenters. The summed E-state index contributed by atoms with van der Waals surface area (Å²) in [5, 5.41) is 10.7. The number of anilines is 2. The molecule has 3 aromatic rings. The van der Waals surface area contributed by atoms with E-state index in [1.165, 1.54) is 0 Å². The van der Waals surface area contributed by atoms with Crippen LogP contribution in [0.3, 0.4) is 0 Å². The van der Waals surface area contributed by atoms with E-state index in [1.807, 2.05) is 41.3 Å². The summed E-state index contributed by atoms with van der Waals surface area (Å²) in [4.78, 5) is 16.2. The van der Waals surface area contributed by atoms with Crippen LogP contribution in [0.5, 0.6) is 0 Å². The molecule has 6 heteroatoms.